The number of amides is 4. The maximum Gasteiger partial charge on any atom is 0.318 e. The van der Waals surface area contributed by atoms with Crippen LogP contribution in [0.3, 0.4) is 0 Å². The van der Waals surface area contributed by atoms with Gasteiger partial charge in [-0.2, -0.15) is 0 Å². The fourth-order valence-corrected chi connectivity index (χ4v) is 12.9. The minimum absolute atomic E-state index is 0.0208. The standard InChI is InChI=1S/C35H49N5O4S.C32H43N5O2/c1-27(2)45(42,43)37-32-16-19-39(26-32)24-29-12-14-30(15-13-29)25-40(18-7-17-38-20-22-44-23-21-38)35(41)36-28(3)33-11-6-9-31-8-4-5-10-34(31)33;1-25(30-9-4-7-28-6-2-3-8-31(28)30)34-32(38)37(16-5-15-35-18-20-39-21-19-35)23-27-12-10-26(11-13-27)22-36-17-14-29(33)24-36/h4-6,8-15,27-28,32,37H,7,16-26H2,1-3H3,(H,36,41);2-4,6-13,25,29H,5,14-24,33H2,1H3,(H,34,38)/t28-,32-;25-,29-/m00/s1. The third-order valence-corrected chi connectivity index (χ3v) is 18.9. The fourth-order valence-electron chi connectivity index (χ4n) is 12.0. The zero-order valence-corrected chi connectivity index (χ0v) is 51.0. The van der Waals surface area contributed by atoms with Crippen LogP contribution in [0.5, 0.6) is 0 Å². The molecule has 0 saturated carbocycles. The largest absolute Gasteiger partial charge is 0.379 e. The summed E-state index contributed by atoms with van der Waals surface area (Å²) in [5.41, 5.74) is 13.0. The zero-order chi connectivity index (χ0) is 58.8. The first-order valence-electron chi connectivity index (χ1n) is 30.8. The van der Waals surface area contributed by atoms with Crippen LogP contribution in [0.4, 0.5) is 9.59 Å². The van der Waals surface area contributed by atoms with Crippen LogP contribution in [-0.4, -0.2) is 172 Å². The predicted octanol–water partition coefficient (Wildman–Crippen LogP) is 9.10. The molecule has 17 heteroatoms. The van der Waals surface area contributed by atoms with E-state index in [1.54, 1.807) is 13.8 Å². The van der Waals surface area contributed by atoms with E-state index in [4.69, 9.17) is 15.2 Å². The van der Waals surface area contributed by atoms with Gasteiger partial charge in [-0.3, -0.25) is 19.6 Å². The highest BCUT2D eigenvalue weighted by atomic mass is 32.2. The van der Waals surface area contributed by atoms with Crippen LogP contribution in [0.1, 0.15) is 98.8 Å². The summed E-state index contributed by atoms with van der Waals surface area (Å²) in [5.74, 6) is 0. The summed E-state index contributed by atoms with van der Waals surface area (Å²) in [4.78, 5) is 40.8. The van der Waals surface area contributed by atoms with Crippen LogP contribution in [0.25, 0.3) is 21.5 Å². The van der Waals surface area contributed by atoms with Crippen molar-refractivity contribution in [1.29, 1.82) is 0 Å². The van der Waals surface area contributed by atoms with Crippen molar-refractivity contribution in [2.24, 2.45) is 5.73 Å². The Kier molecular flexibility index (Phi) is 23.0. The molecule has 6 aromatic carbocycles. The third-order valence-electron chi connectivity index (χ3n) is 17.0. The van der Waals surface area contributed by atoms with Gasteiger partial charge in [0.2, 0.25) is 10.0 Å². The van der Waals surface area contributed by atoms with Crippen molar-refractivity contribution < 1.29 is 27.5 Å². The number of hydrogen-bond acceptors (Lipinski definition) is 11. The highest BCUT2D eigenvalue weighted by Crippen LogP contribution is 2.27. The van der Waals surface area contributed by atoms with Crippen molar-refractivity contribution in [3.05, 3.63) is 167 Å². The summed E-state index contributed by atoms with van der Waals surface area (Å²) in [6.07, 6.45) is 3.72. The number of benzene rings is 6. The van der Waals surface area contributed by atoms with Crippen molar-refractivity contribution in [3.8, 4) is 0 Å². The number of hydrogen-bond donors (Lipinski definition) is 4. The Hall–Kier alpha value is -5.99. The van der Waals surface area contributed by atoms with E-state index in [-0.39, 0.29) is 30.2 Å². The lowest BCUT2D eigenvalue weighted by Gasteiger charge is -2.29. The lowest BCUT2D eigenvalue weighted by molar-refractivity contribution is 0.0364. The van der Waals surface area contributed by atoms with Gasteiger partial charge in [-0.25, -0.2) is 22.7 Å². The van der Waals surface area contributed by atoms with Gasteiger partial charge in [0.1, 0.15) is 0 Å². The fraction of sp³-hybridized carbons (Fsp3) is 0.493. The Labute approximate surface area is 500 Å². The second kappa shape index (κ2) is 30.9. The Bertz CT molecular complexity index is 3130. The number of ether oxygens (including phenoxy) is 2. The first kappa shape index (κ1) is 62.5. The number of carbonyl (C=O) groups is 2. The Morgan fingerprint density at radius 3 is 1.39 bits per heavy atom. The van der Waals surface area contributed by atoms with Gasteiger partial charge < -0.3 is 35.6 Å². The number of fused-ring (bicyclic) bond motifs is 2. The molecule has 0 unspecified atom stereocenters. The van der Waals surface area contributed by atoms with Gasteiger partial charge in [0.25, 0.3) is 0 Å². The van der Waals surface area contributed by atoms with Crippen molar-refractivity contribution in [2.45, 2.75) is 109 Å². The number of rotatable bonds is 23. The Morgan fingerprint density at radius 1 is 0.536 bits per heavy atom. The first-order chi connectivity index (χ1) is 40.7. The maximum absolute atomic E-state index is 13.7. The molecule has 6 aromatic rings. The number of morpholine rings is 2. The van der Waals surface area contributed by atoms with Crippen LogP contribution in [-0.2, 0) is 45.7 Å². The summed E-state index contributed by atoms with van der Waals surface area (Å²) in [7, 11) is -3.27. The average molecular weight is 1170 g/mol. The molecule has 16 nitrogen and oxygen atoms in total. The Balaban J connectivity index is 0.000000204. The SMILES string of the molecule is CC(C)S(=O)(=O)N[C@H]1CCN(Cc2ccc(CN(CCCN3CCOCC3)C(=O)N[C@@H](C)c3cccc4ccccc34)cc2)C1.C[C@H](NC(=O)N(CCCN1CCOCC1)Cc1ccc(CN2CC[C@H](N)C2)cc1)c1cccc2ccccc12. The van der Waals surface area contributed by atoms with Crippen molar-refractivity contribution >= 4 is 43.6 Å². The zero-order valence-electron chi connectivity index (χ0n) is 50.2. The molecule has 452 valence electrons. The number of carbonyl (C=O) groups excluding carboxylic acids is 2. The van der Waals surface area contributed by atoms with Crippen LogP contribution < -0.4 is 21.1 Å². The van der Waals surface area contributed by atoms with E-state index in [0.717, 1.165) is 152 Å². The van der Waals surface area contributed by atoms with E-state index in [0.29, 0.717) is 38.8 Å². The van der Waals surface area contributed by atoms with E-state index >= 15 is 0 Å². The summed E-state index contributed by atoms with van der Waals surface area (Å²) in [5, 5.41) is 10.8. The summed E-state index contributed by atoms with van der Waals surface area (Å²) >= 11 is 0. The second-order valence-corrected chi connectivity index (χ2v) is 26.1. The Morgan fingerprint density at radius 2 is 0.952 bits per heavy atom. The molecule has 10 rings (SSSR count). The molecule has 4 heterocycles. The maximum atomic E-state index is 13.7. The molecule has 0 aromatic heterocycles. The molecule has 0 spiro atoms. The van der Waals surface area contributed by atoms with Crippen LogP contribution in [0, 0.1) is 0 Å². The van der Waals surface area contributed by atoms with Crippen molar-refractivity contribution in [1.82, 2.24) is 44.8 Å². The lowest BCUT2D eigenvalue weighted by Crippen LogP contribution is -2.43. The quantitative estimate of drug-likeness (QED) is 0.0483. The highest BCUT2D eigenvalue weighted by molar-refractivity contribution is 7.90. The minimum atomic E-state index is -3.27. The summed E-state index contributed by atoms with van der Waals surface area (Å²) in [6, 6.07) is 46.3. The van der Waals surface area contributed by atoms with Gasteiger partial charge in [-0.1, -0.05) is 133 Å². The van der Waals surface area contributed by atoms with Gasteiger partial charge in [-0.15, -0.1) is 0 Å². The highest BCUT2D eigenvalue weighted by Gasteiger charge is 2.29. The molecule has 0 aliphatic carbocycles. The van der Waals surface area contributed by atoms with E-state index in [1.807, 2.05) is 28.0 Å². The van der Waals surface area contributed by atoms with Gasteiger partial charge in [0, 0.05) is 117 Å². The van der Waals surface area contributed by atoms with Crippen LogP contribution in [0.15, 0.2) is 133 Å². The van der Waals surface area contributed by atoms with Crippen molar-refractivity contribution in [2.75, 3.05) is 105 Å². The predicted molar refractivity (Wildman–Crippen MR) is 338 cm³/mol. The van der Waals surface area contributed by atoms with Crippen LogP contribution in [0.2, 0.25) is 0 Å². The molecule has 5 N–H and O–H groups in total. The smallest absolute Gasteiger partial charge is 0.318 e. The van der Waals surface area contributed by atoms with Gasteiger partial charge in [0.15, 0.2) is 0 Å². The topological polar surface area (TPSA) is 168 Å². The number of nitrogens with two attached hydrogens (primary N) is 1. The van der Waals surface area contributed by atoms with E-state index in [2.05, 4.69) is 164 Å². The third kappa shape index (κ3) is 18.3. The molecular weight excluding hydrogens is 1070 g/mol. The molecule has 4 aliphatic rings. The lowest BCUT2D eigenvalue weighted by atomic mass is 10.00. The molecule has 84 heavy (non-hydrogen) atoms. The molecule has 4 atom stereocenters. The number of sulfonamides is 1. The molecule has 0 bridgehead atoms. The normalized spacial score (nSPS) is 19.0. The minimum Gasteiger partial charge on any atom is -0.379 e. The monoisotopic (exact) mass is 1160 g/mol. The van der Waals surface area contributed by atoms with Crippen LogP contribution >= 0.6 is 0 Å². The van der Waals surface area contributed by atoms with Gasteiger partial charge >= 0.3 is 12.1 Å². The molecule has 0 radical (unpaired) electrons. The first-order valence-corrected chi connectivity index (χ1v) is 32.3. The summed E-state index contributed by atoms with van der Waals surface area (Å²) < 4.78 is 38.4. The van der Waals surface area contributed by atoms with Gasteiger partial charge in [-0.05, 0) is 108 Å². The summed E-state index contributed by atoms with van der Waals surface area (Å²) in [6.45, 7) is 24.2. The molecule has 4 amide bonds. The van der Waals surface area contributed by atoms with Gasteiger partial charge in [0.05, 0.1) is 43.8 Å². The van der Waals surface area contributed by atoms with E-state index in [9.17, 15) is 18.0 Å². The number of nitrogens with zero attached hydrogens (tertiary/aromatic N) is 6. The van der Waals surface area contributed by atoms with E-state index < -0.39 is 15.3 Å². The average Bonchev–Trinajstić information content (AvgIpc) is 4.08. The number of urea groups is 2. The second-order valence-electron chi connectivity index (χ2n) is 23.8. The molecule has 4 fully saturated rings. The number of likely N-dealkylation sites (tertiary alicyclic amines) is 2. The number of nitrogens with one attached hydrogen (secondary N) is 3. The molecular formula is C67H92N10O6S. The molecule has 4 aliphatic heterocycles. The van der Waals surface area contributed by atoms with Crippen molar-refractivity contribution in [3.63, 3.8) is 0 Å². The van der Waals surface area contributed by atoms with E-state index in [1.165, 1.54) is 27.3 Å². The molecule has 4 saturated heterocycles.